The van der Waals surface area contributed by atoms with Crippen molar-refractivity contribution in [3.8, 4) is 16.5 Å². The van der Waals surface area contributed by atoms with Gasteiger partial charge in [-0.3, -0.25) is 9.78 Å². The third-order valence-electron chi connectivity index (χ3n) is 4.28. The second-order valence-corrected chi connectivity index (χ2v) is 7.47. The second-order valence-electron chi connectivity index (χ2n) is 6.52. The molecule has 1 N–H and O–H groups in total. The van der Waals surface area contributed by atoms with Crippen molar-refractivity contribution in [2.75, 3.05) is 0 Å². The highest BCUT2D eigenvalue weighted by Crippen LogP contribution is 2.21. The number of thiophene rings is 1. The number of rotatable bonds is 9. The molecule has 8 heteroatoms. The van der Waals surface area contributed by atoms with Crippen LogP contribution in [0.5, 0.6) is 5.75 Å². The topological polar surface area (TPSA) is 90.1 Å². The average Bonchev–Trinajstić information content (AvgIpc) is 3.48. The molecule has 0 spiro atoms. The molecule has 1 aromatic carbocycles. The summed E-state index contributed by atoms with van der Waals surface area (Å²) < 4.78 is 11.0. The van der Waals surface area contributed by atoms with Gasteiger partial charge >= 0.3 is 0 Å². The number of carbonyl (C=O) groups excluding carboxylic acids is 1. The van der Waals surface area contributed by atoms with Crippen molar-refractivity contribution < 1.29 is 14.1 Å². The Morgan fingerprint density at radius 1 is 1.13 bits per heavy atom. The Kier molecular flexibility index (Phi) is 6.46. The van der Waals surface area contributed by atoms with Gasteiger partial charge in [-0.2, -0.15) is 4.98 Å². The fourth-order valence-corrected chi connectivity index (χ4v) is 3.41. The maximum Gasteiger partial charge on any atom is 0.227 e. The van der Waals surface area contributed by atoms with Crippen molar-refractivity contribution in [2.45, 2.75) is 26.0 Å². The molecule has 0 unspecified atom stereocenters. The van der Waals surface area contributed by atoms with Crippen LogP contribution >= 0.6 is 11.3 Å². The second kappa shape index (κ2) is 9.80. The van der Waals surface area contributed by atoms with Gasteiger partial charge in [0.2, 0.25) is 17.6 Å². The number of aromatic nitrogens is 3. The van der Waals surface area contributed by atoms with E-state index in [1.54, 1.807) is 17.5 Å². The summed E-state index contributed by atoms with van der Waals surface area (Å²) in [4.78, 5) is 21.7. The van der Waals surface area contributed by atoms with Crippen molar-refractivity contribution in [3.63, 3.8) is 0 Å². The number of aryl methyl sites for hydroxylation is 1. The SMILES string of the molecule is O=C(CCc1nc(-c2cccs2)no1)NCc1cccc(OCc2ccccn2)c1. The minimum absolute atomic E-state index is 0.0781. The fourth-order valence-electron chi connectivity index (χ4n) is 2.76. The molecule has 4 aromatic rings. The zero-order valence-electron chi connectivity index (χ0n) is 16.2. The highest BCUT2D eigenvalue weighted by molar-refractivity contribution is 7.13. The van der Waals surface area contributed by atoms with E-state index in [0.29, 0.717) is 31.3 Å². The van der Waals surface area contributed by atoms with E-state index in [4.69, 9.17) is 9.26 Å². The average molecular weight is 420 g/mol. The minimum Gasteiger partial charge on any atom is -0.487 e. The van der Waals surface area contributed by atoms with Gasteiger partial charge < -0.3 is 14.6 Å². The normalized spacial score (nSPS) is 10.7. The van der Waals surface area contributed by atoms with E-state index in [9.17, 15) is 4.79 Å². The molecule has 0 bridgehead atoms. The van der Waals surface area contributed by atoms with Gasteiger partial charge in [0.25, 0.3) is 0 Å². The van der Waals surface area contributed by atoms with Crippen LogP contribution in [0.1, 0.15) is 23.6 Å². The predicted molar refractivity (Wildman–Crippen MR) is 113 cm³/mol. The van der Waals surface area contributed by atoms with Gasteiger partial charge in [-0.05, 0) is 41.3 Å². The van der Waals surface area contributed by atoms with E-state index in [1.807, 2.05) is 60.0 Å². The summed E-state index contributed by atoms with van der Waals surface area (Å²) in [7, 11) is 0. The number of amides is 1. The van der Waals surface area contributed by atoms with Crippen molar-refractivity contribution in [3.05, 3.63) is 83.3 Å². The van der Waals surface area contributed by atoms with Gasteiger partial charge in [-0.15, -0.1) is 11.3 Å². The molecule has 0 saturated carbocycles. The third-order valence-corrected chi connectivity index (χ3v) is 5.14. The van der Waals surface area contributed by atoms with Crippen molar-refractivity contribution in [1.82, 2.24) is 20.4 Å². The van der Waals surface area contributed by atoms with Crippen LogP contribution in [0.3, 0.4) is 0 Å². The third kappa shape index (κ3) is 5.51. The highest BCUT2D eigenvalue weighted by atomic mass is 32.1. The standard InChI is InChI=1S/C22H20N4O3S/c27-20(9-10-21-25-22(26-29-21)19-8-4-12-30-19)24-14-16-5-3-7-18(13-16)28-15-17-6-1-2-11-23-17/h1-8,11-13H,9-10,14-15H2,(H,24,27). The van der Waals surface area contributed by atoms with E-state index in [1.165, 1.54) is 0 Å². The molecule has 0 aliphatic heterocycles. The molecule has 0 saturated heterocycles. The number of carbonyl (C=O) groups is 1. The van der Waals surface area contributed by atoms with E-state index in [2.05, 4.69) is 20.4 Å². The van der Waals surface area contributed by atoms with Crippen LogP contribution in [0.4, 0.5) is 0 Å². The monoisotopic (exact) mass is 420 g/mol. The zero-order valence-corrected chi connectivity index (χ0v) is 17.0. The summed E-state index contributed by atoms with van der Waals surface area (Å²) in [6, 6.07) is 17.2. The Morgan fingerprint density at radius 2 is 2.10 bits per heavy atom. The Labute approximate surface area is 177 Å². The molecule has 1 amide bonds. The molecule has 0 fully saturated rings. The van der Waals surface area contributed by atoms with Crippen LogP contribution in [-0.4, -0.2) is 21.0 Å². The van der Waals surface area contributed by atoms with Crippen LogP contribution in [-0.2, 0) is 24.4 Å². The first-order valence-electron chi connectivity index (χ1n) is 9.51. The maximum absolute atomic E-state index is 12.2. The van der Waals surface area contributed by atoms with Crippen LogP contribution in [0.15, 0.2) is 70.7 Å². The molecule has 0 aliphatic rings. The lowest BCUT2D eigenvalue weighted by Gasteiger charge is -2.09. The fraction of sp³-hybridized carbons (Fsp3) is 0.182. The first-order valence-corrected chi connectivity index (χ1v) is 10.4. The minimum atomic E-state index is -0.0781. The molecular formula is C22H20N4O3S. The summed E-state index contributed by atoms with van der Waals surface area (Å²) in [5, 5.41) is 8.82. The van der Waals surface area contributed by atoms with Gasteiger partial charge in [0.15, 0.2) is 0 Å². The maximum atomic E-state index is 12.2. The van der Waals surface area contributed by atoms with Gasteiger partial charge in [0.05, 0.1) is 10.6 Å². The lowest BCUT2D eigenvalue weighted by atomic mass is 10.2. The number of nitrogens with one attached hydrogen (secondary N) is 1. The van der Waals surface area contributed by atoms with Crippen LogP contribution in [0, 0.1) is 0 Å². The van der Waals surface area contributed by atoms with E-state index < -0.39 is 0 Å². The highest BCUT2D eigenvalue weighted by Gasteiger charge is 2.11. The first-order chi connectivity index (χ1) is 14.8. The number of pyridine rings is 1. The van der Waals surface area contributed by atoms with Crippen molar-refractivity contribution >= 4 is 17.2 Å². The van der Waals surface area contributed by atoms with E-state index in [-0.39, 0.29) is 12.3 Å². The number of hydrogen-bond acceptors (Lipinski definition) is 7. The Balaban J connectivity index is 1.23. The van der Waals surface area contributed by atoms with E-state index >= 15 is 0 Å². The predicted octanol–water partition coefficient (Wildman–Crippen LogP) is 4.02. The van der Waals surface area contributed by atoms with E-state index in [0.717, 1.165) is 21.9 Å². The summed E-state index contributed by atoms with van der Waals surface area (Å²) in [5.74, 6) is 1.67. The molecule has 0 atom stereocenters. The molecule has 30 heavy (non-hydrogen) atoms. The Bertz CT molecular complexity index is 1080. The molecule has 3 heterocycles. The largest absolute Gasteiger partial charge is 0.487 e. The first kappa shape index (κ1) is 19.8. The number of hydrogen-bond donors (Lipinski definition) is 1. The molecule has 0 aliphatic carbocycles. The molecule has 0 radical (unpaired) electrons. The number of ether oxygens (including phenoxy) is 1. The molecule has 7 nitrogen and oxygen atoms in total. The number of benzene rings is 1. The molecule has 4 rings (SSSR count). The summed E-state index contributed by atoms with van der Waals surface area (Å²) in [5.41, 5.74) is 1.82. The summed E-state index contributed by atoms with van der Waals surface area (Å²) >= 11 is 1.54. The van der Waals surface area contributed by atoms with Gasteiger partial charge in [0, 0.05) is 25.6 Å². The zero-order chi connectivity index (χ0) is 20.6. The smallest absolute Gasteiger partial charge is 0.227 e. The Morgan fingerprint density at radius 3 is 2.93 bits per heavy atom. The summed E-state index contributed by atoms with van der Waals surface area (Å²) in [6.07, 6.45) is 2.42. The summed E-state index contributed by atoms with van der Waals surface area (Å²) in [6.45, 7) is 0.818. The van der Waals surface area contributed by atoms with Crippen LogP contribution in [0.25, 0.3) is 10.7 Å². The van der Waals surface area contributed by atoms with Crippen LogP contribution in [0.2, 0.25) is 0 Å². The van der Waals surface area contributed by atoms with Crippen molar-refractivity contribution in [2.24, 2.45) is 0 Å². The molecule has 152 valence electrons. The van der Waals surface area contributed by atoms with Gasteiger partial charge in [-0.25, -0.2) is 0 Å². The van der Waals surface area contributed by atoms with Gasteiger partial charge in [-0.1, -0.05) is 29.4 Å². The quantitative estimate of drug-likeness (QED) is 0.440. The Hall–Kier alpha value is -3.52. The van der Waals surface area contributed by atoms with Crippen LogP contribution < -0.4 is 10.1 Å². The van der Waals surface area contributed by atoms with Gasteiger partial charge in [0.1, 0.15) is 12.4 Å². The molecular weight excluding hydrogens is 400 g/mol. The lowest BCUT2D eigenvalue weighted by molar-refractivity contribution is -0.121. The molecule has 3 aromatic heterocycles. The van der Waals surface area contributed by atoms with Crippen molar-refractivity contribution in [1.29, 1.82) is 0 Å². The number of nitrogens with zero attached hydrogens (tertiary/aromatic N) is 3. The lowest BCUT2D eigenvalue weighted by Crippen LogP contribution is -2.23.